The topological polar surface area (TPSA) is 75.3 Å². The summed E-state index contributed by atoms with van der Waals surface area (Å²) < 4.78 is 28.3. The average Bonchev–Trinajstić information content (AvgIpc) is 2.74. The molecule has 6 heteroatoms. The number of rotatable bonds is 7. The summed E-state index contributed by atoms with van der Waals surface area (Å²) in [6.07, 6.45) is 0.726. The molecule has 0 saturated carbocycles. The lowest BCUT2D eigenvalue weighted by molar-refractivity contribution is 0.0935. The maximum absolute atomic E-state index is 12.9. The fourth-order valence-electron chi connectivity index (χ4n) is 3.31. The molecule has 156 valence electrons. The quantitative estimate of drug-likeness (QED) is 0.563. The summed E-state index contributed by atoms with van der Waals surface area (Å²) in [5.74, 6) is -0.307. The number of para-hydroxylation sites is 1. The standard InChI is InChI=1S/C24H26N2O3S/c1-4-22(21-14-7-5-10-17(21)2)25-24(27)19-12-9-13-20(16-19)30(28,29)26-23-15-8-6-11-18(23)3/h5-16,22,26H,4H2,1-3H3,(H,25,27)/t22-/m0/s1. The largest absolute Gasteiger partial charge is 0.345 e. The number of amides is 1. The minimum Gasteiger partial charge on any atom is -0.345 e. The Bertz CT molecular complexity index is 1160. The molecule has 0 radical (unpaired) electrons. The van der Waals surface area contributed by atoms with E-state index in [0.717, 1.165) is 23.1 Å². The molecule has 0 aliphatic carbocycles. The van der Waals surface area contributed by atoms with Crippen LogP contribution in [0.1, 0.15) is 46.4 Å². The van der Waals surface area contributed by atoms with Crippen LogP contribution in [0, 0.1) is 13.8 Å². The van der Waals surface area contributed by atoms with Crippen molar-refractivity contribution in [1.82, 2.24) is 5.32 Å². The van der Waals surface area contributed by atoms with Gasteiger partial charge in [0.2, 0.25) is 0 Å². The molecule has 0 fully saturated rings. The Morgan fingerprint density at radius 3 is 2.23 bits per heavy atom. The van der Waals surface area contributed by atoms with Crippen LogP contribution in [0.3, 0.4) is 0 Å². The van der Waals surface area contributed by atoms with Crippen LogP contribution in [-0.4, -0.2) is 14.3 Å². The van der Waals surface area contributed by atoms with Crippen LogP contribution in [0.25, 0.3) is 0 Å². The highest BCUT2D eigenvalue weighted by molar-refractivity contribution is 7.92. The highest BCUT2D eigenvalue weighted by atomic mass is 32.2. The molecule has 3 aromatic rings. The summed E-state index contributed by atoms with van der Waals surface area (Å²) >= 11 is 0. The third kappa shape index (κ3) is 4.89. The number of hydrogen-bond acceptors (Lipinski definition) is 3. The Morgan fingerprint density at radius 1 is 0.900 bits per heavy atom. The van der Waals surface area contributed by atoms with E-state index in [-0.39, 0.29) is 16.8 Å². The fraction of sp³-hybridized carbons (Fsp3) is 0.208. The second kappa shape index (κ2) is 9.13. The van der Waals surface area contributed by atoms with Crippen LogP contribution in [-0.2, 0) is 10.0 Å². The molecule has 3 aromatic carbocycles. The summed E-state index contributed by atoms with van der Waals surface area (Å²) in [6.45, 7) is 5.84. The number of hydrogen-bond donors (Lipinski definition) is 2. The van der Waals surface area contributed by atoms with Crippen molar-refractivity contribution in [3.05, 3.63) is 95.1 Å². The lowest BCUT2D eigenvalue weighted by atomic mass is 9.99. The molecule has 0 aliphatic rings. The molecule has 30 heavy (non-hydrogen) atoms. The molecular formula is C24H26N2O3S. The summed E-state index contributed by atoms with van der Waals surface area (Å²) in [5.41, 5.74) is 3.79. The van der Waals surface area contributed by atoms with Gasteiger partial charge in [-0.1, -0.05) is 55.5 Å². The van der Waals surface area contributed by atoms with E-state index < -0.39 is 10.0 Å². The van der Waals surface area contributed by atoms with Crippen molar-refractivity contribution >= 4 is 21.6 Å². The van der Waals surface area contributed by atoms with E-state index in [0.29, 0.717) is 11.3 Å². The molecule has 0 unspecified atom stereocenters. The maximum atomic E-state index is 12.9. The number of carbonyl (C=O) groups excluding carboxylic acids is 1. The minimum atomic E-state index is -3.81. The summed E-state index contributed by atoms with van der Waals surface area (Å²) in [7, 11) is -3.81. The Balaban J connectivity index is 1.83. The van der Waals surface area contributed by atoms with E-state index in [1.165, 1.54) is 12.1 Å². The molecule has 0 aromatic heterocycles. The van der Waals surface area contributed by atoms with E-state index in [1.807, 2.05) is 57.2 Å². The first kappa shape index (κ1) is 21.6. The first-order valence-electron chi connectivity index (χ1n) is 9.86. The van der Waals surface area contributed by atoms with E-state index in [2.05, 4.69) is 10.0 Å². The van der Waals surface area contributed by atoms with Crippen molar-refractivity contribution in [3.63, 3.8) is 0 Å². The molecule has 0 spiro atoms. The zero-order valence-electron chi connectivity index (χ0n) is 17.3. The van der Waals surface area contributed by atoms with Crippen molar-refractivity contribution in [3.8, 4) is 0 Å². The van der Waals surface area contributed by atoms with Crippen LogP contribution in [0.5, 0.6) is 0 Å². The first-order chi connectivity index (χ1) is 14.3. The van der Waals surface area contributed by atoms with Gasteiger partial charge in [0.15, 0.2) is 0 Å². The number of benzene rings is 3. The van der Waals surface area contributed by atoms with Crippen LogP contribution >= 0.6 is 0 Å². The van der Waals surface area contributed by atoms with Gasteiger partial charge in [-0.2, -0.15) is 0 Å². The molecule has 0 bridgehead atoms. The lowest BCUT2D eigenvalue weighted by Crippen LogP contribution is -2.28. The molecule has 0 saturated heterocycles. The molecule has 3 rings (SSSR count). The summed E-state index contributed by atoms with van der Waals surface area (Å²) in [6, 6.07) is 21.0. The van der Waals surface area contributed by atoms with Crippen LogP contribution < -0.4 is 10.0 Å². The first-order valence-corrected chi connectivity index (χ1v) is 11.3. The zero-order valence-corrected chi connectivity index (χ0v) is 18.2. The zero-order chi connectivity index (χ0) is 21.7. The van der Waals surface area contributed by atoms with Crippen molar-refractivity contribution in [2.24, 2.45) is 0 Å². The second-order valence-corrected chi connectivity index (χ2v) is 8.92. The third-order valence-electron chi connectivity index (χ3n) is 5.07. The van der Waals surface area contributed by atoms with E-state index in [1.54, 1.807) is 24.3 Å². The SMILES string of the molecule is CC[C@H](NC(=O)c1cccc(S(=O)(=O)Nc2ccccc2C)c1)c1ccccc1C. The van der Waals surface area contributed by atoms with Gasteiger partial charge in [-0.05, 0) is 61.2 Å². The van der Waals surface area contributed by atoms with E-state index in [4.69, 9.17) is 0 Å². The maximum Gasteiger partial charge on any atom is 0.261 e. The predicted octanol–water partition coefficient (Wildman–Crippen LogP) is 4.99. The molecule has 0 heterocycles. The van der Waals surface area contributed by atoms with Gasteiger partial charge in [0, 0.05) is 5.56 Å². The van der Waals surface area contributed by atoms with Gasteiger partial charge < -0.3 is 5.32 Å². The molecule has 5 nitrogen and oxygen atoms in total. The van der Waals surface area contributed by atoms with E-state index in [9.17, 15) is 13.2 Å². The Morgan fingerprint density at radius 2 is 1.57 bits per heavy atom. The Labute approximate surface area is 178 Å². The Kier molecular flexibility index (Phi) is 6.57. The van der Waals surface area contributed by atoms with Gasteiger partial charge in [-0.15, -0.1) is 0 Å². The van der Waals surface area contributed by atoms with Crippen LogP contribution in [0.4, 0.5) is 5.69 Å². The van der Waals surface area contributed by atoms with Crippen molar-refractivity contribution in [2.45, 2.75) is 38.1 Å². The molecule has 1 amide bonds. The molecule has 1 atom stereocenters. The van der Waals surface area contributed by atoms with Gasteiger partial charge in [-0.25, -0.2) is 8.42 Å². The summed E-state index contributed by atoms with van der Waals surface area (Å²) in [5, 5.41) is 3.02. The highest BCUT2D eigenvalue weighted by Gasteiger charge is 2.19. The lowest BCUT2D eigenvalue weighted by Gasteiger charge is -2.20. The fourth-order valence-corrected chi connectivity index (χ4v) is 4.49. The van der Waals surface area contributed by atoms with Crippen LogP contribution in [0.2, 0.25) is 0 Å². The van der Waals surface area contributed by atoms with Gasteiger partial charge in [0.05, 0.1) is 16.6 Å². The molecule has 0 aliphatic heterocycles. The minimum absolute atomic E-state index is 0.0438. The highest BCUT2D eigenvalue weighted by Crippen LogP contribution is 2.23. The monoisotopic (exact) mass is 422 g/mol. The van der Waals surface area contributed by atoms with Crippen molar-refractivity contribution < 1.29 is 13.2 Å². The van der Waals surface area contributed by atoms with Crippen LogP contribution in [0.15, 0.2) is 77.7 Å². The average molecular weight is 423 g/mol. The summed E-state index contributed by atoms with van der Waals surface area (Å²) in [4.78, 5) is 12.9. The number of anilines is 1. The number of nitrogens with one attached hydrogen (secondary N) is 2. The predicted molar refractivity (Wildman–Crippen MR) is 120 cm³/mol. The van der Waals surface area contributed by atoms with Gasteiger partial charge in [-0.3, -0.25) is 9.52 Å². The second-order valence-electron chi connectivity index (χ2n) is 7.24. The van der Waals surface area contributed by atoms with Gasteiger partial charge >= 0.3 is 0 Å². The Hall–Kier alpha value is -3.12. The van der Waals surface area contributed by atoms with Crippen molar-refractivity contribution in [1.29, 1.82) is 0 Å². The number of carbonyl (C=O) groups is 1. The molecule has 2 N–H and O–H groups in total. The number of sulfonamides is 1. The van der Waals surface area contributed by atoms with Crippen molar-refractivity contribution in [2.75, 3.05) is 4.72 Å². The smallest absolute Gasteiger partial charge is 0.261 e. The van der Waals surface area contributed by atoms with Gasteiger partial charge in [0.25, 0.3) is 15.9 Å². The third-order valence-corrected chi connectivity index (χ3v) is 6.44. The van der Waals surface area contributed by atoms with Gasteiger partial charge in [0.1, 0.15) is 0 Å². The molecular weight excluding hydrogens is 396 g/mol. The number of aryl methyl sites for hydroxylation is 2. The normalized spacial score (nSPS) is 12.2. The van der Waals surface area contributed by atoms with E-state index >= 15 is 0 Å².